The van der Waals surface area contributed by atoms with Crippen LogP contribution in [0.3, 0.4) is 0 Å². The van der Waals surface area contributed by atoms with Crippen molar-refractivity contribution in [1.82, 2.24) is 4.98 Å². The maximum atomic E-state index is 12.1. The molecule has 22 heavy (non-hydrogen) atoms. The maximum absolute atomic E-state index is 12.1. The van der Waals surface area contributed by atoms with Crippen molar-refractivity contribution in [3.8, 4) is 0 Å². The van der Waals surface area contributed by atoms with Gasteiger partial charge in [0.2, 0.25) is 5.91 Å². The van der Waals surface area contributed by atoms with E-state index in [2.05, 4.69) is 15.3 Å². The first-order chi connectivity index (χ1) is 10.7. The summed E-state index contributed by atoms with van der Waals surface area (Å²) in [4.78, 5) is 19.7. The Kier molecular flexibility index (Phi) is 2.98. The van der Waals surface area contributed by atoms with Crippen LogP contribution in [0.2, 0.25) is 5.02 Å². The Morgan fingerprint density at radius 1 is 1.14 bits per heavy atom. The minimum Gasteiger partial charge on any atom is -0.361 e. The largest absolute Gasteiger partial charge is 0.361 e. The molecule has 2 N–H and O–H groups in total. The summed E-state index contributed by atoms with van der Waals surface area (Å²) in [6.45, 7) is 0. The van der Waals surface area contributed by atoms with Crippen LogP contribution in [0.4, 0.5) is 11.4 Å². The highest BCUT2D eigenvalue weighted by atomic mass is 35.5. The third-order valence-corrected chi connectivity index (χ3v) is 4.03. The zero-order valence-electron chi connectivity index (χ0n) is 11.5. The molecular formula is C17H12ClN3O. The summed E-state index contributed by atoms with van der Waals surface area (Å²) >= 11 is 6.02. The van der Waals surface area contributed by atoms with E-state index in [1.165, 1.54) is 0 Å². The summed E-state index contributed by atoms with van der Waals surface area (Å²) in [5.74, 6) is -0.487. The number of H-pyrrole nitrogens is 1. The molecule has 0 saturated heterocycles. The smallest absolute Gasteiger partial charge is 0.237 e. The zero-order chi connectivity index (χ0) is 15.1. The van der Waals surface area contributed by atoms with Gasteiger partial charge in [-0.25, -0.2) is 0 Å². The molecule has 1 atom stereocenters. The molecule has 0 bridgehead atoms. The number of aliphatic imine (C=N–C) groups is 1. The highest BCUT2D eigenvalue weighted by Crippen LogP contribution is 2.34. The van der Waals surface area contributed by atoms with Crippen molar-refractivity contribution >= 4 is 46.0 Å². The fourth-order valence-electron chi connectivity index (χ4n) is 2.69. The summed E-state index contributed by atoms with van der Waals surface area (Å²) < 4.78 is 0. The average molecular weight is 310 g/mol. The van der Waals surface area contributed by atoms with E-state index in [9.17, 15) is 4.79 Å². The first kappa shape index (κ1) is 13.1. The first-order valence-electron chi connectivity index (χ1n) is 6.92. The van der Waals surface area contributed by atoms with Gasteiger partial charge in [0.05, 0.1) is 5.69 Å². The fourth-order valence-corrected chi connectivity index (χ4v) is 2.87. The number of rotatable bonds is 2. The van der Waals surface area contributed by atoms with Gasteiger partial charge in [-0.2, -0.15) is 0 Å². The van der Waals surface area contributed by atoms with E-state index in [0.717, 1.165) is 27.8 Å². The van der Waals surface area contributed by atoms with Crippen LogP contribution in [-0.2, 0) is 4.79 Å². The van der Waals surface area contributed by atoms with E-state index in [1.807, 2.05) is 36.5 Å². The van der Waals surface area contributed by atoms with Crippen molar-refractivity contribution in [1.29, 1.82) is 0 Å². The molecule has 4 nitrogen and oxygen atoms in total. The van der Waals surface area contributed by atoms with Crippen molar-refractivity contribution in [3.63, 3.8) is 0 Å². The number of amides is 1. The van der Waals surface area contributed by atoms with Gasteiger partial charge >= 0.3 is 0 Å². The van der Waals surface area contributed by atoms with Crippen LogP contribution in [0.1, 0.15) is 11.5 Å². The molecule has 1 amide bonds. The number of fused-ring (bicyclic) bond motifs is 2. The standard InChI is InChI=1S/C17H12ClN3O/c18-11-1-3-16-13(8-11)14(17(22)21-16)9-20-12-2-4-15-10(7-12)5-6-19-15/h1-9,14,19H,(H,21,22). The number of carbonyl (C=O) groups is 1. The van der Waals surface area contributed by atoms with Gasteiger partial charge in [0.25, 0.3) is 0 Å². The number of anilines is 1. The van der Waals surface area contributed by atoms with E-state index in [-0.39, 0.29) is 5.91 Å². The summed E-state index contributed by atoms with van der Waals surface area (Å²) in [5.41, 5.74) is 3.54. The second kappa shape index (κ2) is 5.00. The van der Waals surface area contributed by atoms with Crippen molar-refractivity contribution in [3.05, 3.63) is 59.2 Å². The first-order valence-corrected chi connectivity index (χ1v) is 7.30. The minimum atomic E-state index is -0.407. The molecule has 0 fully saturated rings. The third kappa shape index (κ3) is 2.18. The number of nitrogens with zero attached hydrogens (tertiary/aromatic N) is 1. The van der Waals surface area contributed by atoms with Gasteiger partial charge in [-0.1, -0.05) is 11.6 Å². The van der Waals surface area contributed by atoms with Gasteiger partial charge in [-0.15, -0.1) is 0 Å². The molecule has 0 spiro atoms. The molecule has 1 aliphatic heterocycles. The van der Waals surface area contributed by atoms with Crippen molar-refractivity contribution in [2.24, 2.45) is 4.99 Å². The van der Waals surface area contributed by atoms with Crippen LogP contribution in [0.5, 0.6) is 0 Å². The number of halogens is 1. The van der Waals surface area contributed by atoms with E-state index >= 15 is 0 Å². The molecule has 1 unspecified atom stereocenters. The Bertz CT molecular complexity index is 913. The number of nitrogens with one attached hydrogen (secondary N) is 2. The monoisotopic (exact) mass is 309 g/mol. The lowest BCUT2D eigenvalue weighted by Crippen LogP contribution is -2.12. The van der Waals surface area contributed by atoms with Crippen LogP contribution in [0.15, 0.2) is 53.7 Å². The van der Waals surface area contributed by atoms with Crippen molar-refractivity contribution in [2.75, 3.05) is 5.32 Å². The summed E-state index contributed by atoms with van der Waals surface area (Å²) in [6, 6.07) is 13.2. The molecular weight excluding hydrogens is 298 g/mol. The Balaban J connectivity index is 1.68. The summed E-state index contributed by atoms with van der Waals surface area (Å²) in [7, 11) is 0. The predicted molar refractivity (Wildman–Crippen MR) is 89.3 cm³/mol. The number of hydrogen-bond acceptors (Lipinski definition) is 2. The van der Waals surface area contributed by atoms with Gasteiger partial charge in [0.15, 0.2) is 0 Å². The normalized spacial score (nSPS) is 17.1. The van der Waals surface area contributed by atoms with E-state index < -0.39 is 5.92 Å². The molecule has 108 valence electrons. The van der Waals surface area contributed by atoms with Crippen LogP contribution < -0.4 is 5.32 Å². The second-order valence-electron chi connectivity index (χ2n) is 5.23. The van der Waals surface area contributed by atoms with Crippen molar-refractivity contribution in [2.45, 2.75) is 5.92 Å². The second-order valence-corrected chi connectivity index (χ2v) is 5.66. The quantitative estimate of drug-likeness (QED) is 0.683. The van der Waals surface area contributed by atoms with Gasteiger partial charge < -0.3 is 10.3 Å². The molecule has 2 heterocycles. The number of benzene rings is 2. The molecule has 5 heteroatoms. The Hall–Kier alpha value is -2.59. The SMILES string of the molecule is O=C1Nc2ccc(Cl)cc2C1C=Nc1ccc2[nH]ccc2c1. The van der Waals surface area contributed by atoms with Crippen molar-refractivity contribution < 1.29 is 4.79 Å². The minimum absolute atomic E-state index is 0.0799. The van der Waals surface area contributed by atoms with E-state index in [4.69, 9.17) is 11.6 Å². The molecule has 2 aromatic carbocycles. The zero-order valence-corrected chi connectivity index (χ0v) is 12.3. The van der Waals surface area contributed by atoms with Crippen LogP contribution in [-0.4, -0.2) is 17.1 Å². The molecule has 0 radical (unpaired) electrons. The Morgan fingerprint density at radius 2 is 2.05 bits per heavy atom. The number of aromatic amines is 1. The molecule has 0 aliphatic carbocycles. The van der Waals surface area contributed by atoms with Crippen LogP contribution in [0.25, 0.3) is 10.9 Å². The molecule has 1 aliphatic rings. The maximum Gasteiger partial charge on any atom is 0.237 e. The highest BCUT2D eigenvalue weighted by Gasteiger charge is 2.29. The Morgan fingerprint density at radius 3 is 2.95 bits per heavy atom. The van der Waals surface area contributed by atoms with Gasteiger partial charge in [-0.05, 0) is 48.0 Å². The topological polar surface area (TPSA) is 57.2 Å². The van der Waals surface area contributed by atoms with Crippen LogP contribution >= 0.6 is 11.6 Å². The lowest BCUT2D eigenvalue weighted by molar-refractivity contribution is -0.115. The summed E-state index contributed by atoms with van der Waals surface area (Å²) in [6.07, 6.45) is 3.56. The number of hydrogen-bond donors (Lipinski definition) is 2. The molecule has 3 aromatic rings. The van der Waals surface area contributed by atoms with Gasteiger partial charge in [0, 0.05) is 34.0 Å². The highest BCUT2D eigenvalue weighted by molar-refractivity contribution is 6.31. The Labute approximate surface area is 131 Å². The number of aromatic nitrogens is 1. The molecule has 0 saturated carbocycles. The predicted octanol–water partition coefficient (Wildman–Crippen LogP) is 4.26. The fraction of sp³-hybridized carbons (Fsp3) is 0.0588. The lowest BCUT2D eigenvalue weighted by atomic mass is 10.0. The van der Waals surface area contributed by atoms with Gasteiger partial charge in [0.1, 0.15) is 5.92 Å². The average Bonchev–Trinajstić information content (AvgIpc) is 3.08. The summed E-state index contributed by atoms with van der Waals surface area (Å²) in [5, 5.41) is 4.55. The van der Waals surface area contributed by atoms with Crippen LogP contribution in [0, 0.1) is 0 Å². The molecule has 4 rings (SSSR count). The molecule has 1 aromatic heterocycles. The lowest BCUT2D eigenvalue weighted by Gasteiger charge is -2.02. The van der Waals surface area contributed by atoms with E-state index in [0.29, 0.717) is 5.02 Å². The third-order valence-electron chi connectivity index (χ3n) is 3.80. The van der Waals surface area contributed by atoms with E-state index in [1.54, 1.807) is 18.3 Å². The van der Waals surface area contributed by atoms with Gasteiger partial charge in [-0.3, -0.25) is 9.79 Å². The number of carbonyl (C=O) groups excluding carboxylic acids is 1.